The Balaban J connectivity index is 2.10. The number of para-hydroxylation sites is 1. The largest absolute Gasteiger partial charge is 0.496 e. The molecule has 7 heteroatoms. The fourth-order valence-electron chi connectivity index (χ4n) is 2.80. The van der Waals surface area contributed by atoms with Crippen LogP contribution < -0.4 is 15.4 Å². The molecule has 0 bridgehead atoms. The van der Waals surface area contributed by atoms with Crippen LogP contribution in [0, 0.1) is 13.8 Å². The number of aliphatic imine (C=N–C) groups is 1. The van der Waals surface area contributed by atoms with Crippen molar-refractivity contribution in [1.29, 1.82) is 0 Å². The molecule has 6 nitrogen and oxygen atoms in total. The van der Waals surface area contributed by atoms with E-state index in [0.717, 1.165) is 41.1 Å². The Hall–Kier alpha value is -2.12. The van der Waals surface area contributed by atoms with Crippen LogP contribution in [0.15, 0.2) is 29.3 Å². The number of aryl methyl sites for hydroxylation is 2. The van der Waals surface area contributed by atoms with Gasteiger partial charge in [-0.15, -0.1) is 11.3 Å². The highest BCUT2D eigenvalue weighted by Crippen LogP contribution is 2.27. The van der Waals surface area contributed by atoms with E-state index in [0.29, 0.717) is 6.54 Å². The summed E-state index contributed by atoms with van der Waals surface area (Å²) in [7, 11) is 5.86. The Kier molecular flexibility index (Phi) is 8.06. The van der Waals surface area contributed by atoms with Gasteiger partial charge in [-0.05, 0) is 40.9 Å². The SMILES string of the molecule is CCNC(=NCc1nc(C)c(C)s1)NCC(c1ccccc1OC)N(C)C. The molecule has 0 aliphatic rings. The molecule has 1 heterocycles. The standard InChI is InChI=1S/C20H31N5OS/c1-7-21-20(23-13-19-24-14(2)15(3)27-19)22-12-17(25(4)5)16-10-8-9-11-18(16)26-6/h8-11,17H,7,12-13H2,1-6H3,(H2,21,22,23). The molecule has 2 N–H and O–H groups in total. The number of likely N-dealkylation sites (N-methyl/N-ethyl adjacent to an activating group) is 1. The van der Waals surface area contributed by atoms with E-state index in [2.05, 4.69) is 54.5 Å². The number of benzene rings is 1. The smallest absolute Gasteiger partial charge is 0.191 e. The molecule has 1 aromatic carbocycles. The summed E-state index contributed by atoms with van der Waals surface area (Å²) in [6.45, 7) is 8.31. The number of rotatable bonds is 8. The van der Waals surface area contributed by atoms with Crippen LogP contribution in [0.5, 0.6) is 5.75 Å². The molecule has 0 saturated carbocycles. The minimum Gasteiger partial charge on any atom is -0.496 e. The van der Waals surface area contributed by atoms with Crippen molar-refractivity contribution in [3.05, 3.63) is 45.4 Å². The Morgan fingerprint density at radius 3 is 2.59 bits per heavy atom. The molecule has 148 valence electrons. The van der Waals surface area contributed by atoms with E-state index in [1.165, 1.54) is 4.88 Å². The van der Waals surface area contributed by atoms with Crippen LogP contribution in [-0.2, 0) is 6.54 Å². The molecule has 2 aromatic rings. The third-order valence-corrected chi connectivity index (χ3v) is 5.43. The molecule has 0 radical (unpaired) electrons. The van der Waals surface area contributed by atoms with Gasteiger partial charge in [0.25, 0.3) is 0 Å². The first-order chi connectivity index (χ1) is 13.0. The molecule has 27 heavy (non-hydrogen) atoms. The summed E-state index contributed by atoms with van der Waals surface area (Å²) in [6.07, 6.45) is 0. The van der Waals surface area contributed by atoms with Crippen molar-refractivity contribution in [3.8, 4) is 5.75 Å². The zero-order valence-electron chi connectivity index (χ0n) is 17.2. The molecule has 0 saturated heterocycles. The quantitative estimate of drug-likeness (QED) is 0.536. The van der Waals surface area contributed by atoms with Crippen molar-refractivity contribution >= 4 is 17.3 Å². The third kappa shape index (κ3) is 5.94. The summed E-state index contributed by atoms with van der Waals surface area (Å²) in [5.74, 6) is 1.69. The zero-order valence-corrected chi connectivity index (χ0v) is 18.0. The van der Waals surface area contributed by atoms with Gasteiger partial charge in [0.15, 0.2) is 5.96 Å². The Morgan fingerprint density at radius 1 is 1.26 bits per heavy atom. The molecule has 0 aliphatic heterocycles. The zero-order chi connectivity index (χ0) is 19.8. The number of guanidine groups is 1. The maximum absolute atomic E-state index is 5.54. The highest BCUT2D eigenvalue weighted by atomic mass is 32.1. The molecular formula is C20H31N5OS. The first-order valence-electron chi connectivity index (χ1n) is 9.20. The summed E-state index contributed by atoms with van der Waals surface area (Å²) in [5.41, 5.74) is 2.24. The number of methoxy groups -OCH3 is 1. The van der Waals surface area contributed by atoms with E-state index >= 15 is 0 Å². The van der Waals surface area contributed by atoms with Crippen molar-refractivity contribution in [1.82, 2.24) is 20.5 Å². The number of nitrogens with zero attached hydrogens (tertiary/aromatic N) is 3. The number of thiazole rings is 1. The van der Waals surface area contributed by atoms with Crippen LogP contribution in [0.25, 0.3) is 0 Å². The first kappa shape index (κ1) is 21.2. The summed E-state index contributed by atoms with van der Waals surface area (Å²) in [5, 5.41) is 7.81. The summed E-state index contributed by atoms with van der Waals surface area (Å²) in [6, 6.07) is 8.30. The van der Waals surface area contributed by atoms with Gasteiger partial charge in [-0.3, -0.25) is 0 Å². The molecule has 0 amide bonds. The average Bonchev–Trinajstić information content (AvgIpc) is 2.97. The lowest BCUT2D eigenvalue weighted by Gasteiger charge is -2.27. The lowest BCUT2D eigenvalue weighted by molar-refractivity contribution is 0.287. The lowest BCUT2D eigenvalue weighted by atomic mass is 10.0. The fourth-order valence-corrected chi connectivity index (χ4v) is 3.66. The summed E-state index contributed by atoms with van der Waals surface area (Å²) < 4.78 is 5.54. The van der Waals surface area contributed by atoms with E-state index in [-0.39, 0.29) is 6.04 Å². The van der Waals surface area contributed by atoms with Gasteiger partial charge < -0.3 is 20.3 Å². The van der Waals surface area contributed by atoms with Crippen molar-refractivity contribution in [2.45, 2.75) is 33.4 Å². The lowest BCUT2D eigenvalue weighted by Crippen LogP contribution is -2.41. The topological polar surface area (TPSA) is 61.8 Å². The van der Waals surface area contributed by atoms with Gasteiger partial charge in [0, 0.05) is 23.5 Å². The van der Waals surface area contributed by atoms with Gasteiger partial charge in [-0.1, -0.05) is 18.2 Å². The molecule has 1 aromatic heterocycles. The van der Waals surface area contributed by atoms with Gasteiger partial charge in [0.05, 0.1) is 25.4 Å². The Labute approximate surface area is 166 Å². The number of hydrogen-bond donors (Lipinski definition) is 2. The highest BCUT2D eigenvalue weighted by Gasteiger charge is 2.18. The van der Waals surface area contributed by atoms with Crippen molar-refractivity contribution in [2.24, 2.45) is 4.99 Å². The van der Waals surface area contributed by atoms with Crippen molar-refractivity contribution in [3.63, 3.8) is 0 Å². The second-order valence-electron chi connectivity index (χ2n) is 6.55. The van der Waals surface area contributed by atoms with Crippen LogP contribution in [-0.4, -0.2) is 50.1 Å². The molecule has 0 fully saturated rings. The predicted molar refractivity (Wildman–Crippen MR) is 114 cm³/mol. The Bertz CT molecular complexity index is 737. The minimum absolute atomic E-state index is 0.161. The van der Waals surface area contributed by atoms with E-state index in [1.807, 2.05) is 25.1 Å². The molecule has 1 atom stereocenters. The molecule has 1 unspecified atom stereocenters. The van der Waals surface area contributed by atoms with Crippen LogP contribution in [0.2, 0.25) is 0 Å². The highest BCUT2D eigenvalue weighted by molar-refractivity contribution is 7.11. The van der Waals surface area contributed by atoms with Crippen LogP contribution in [0.4, 0.5) is 0 Å². The molecule has 2 rings (SSSR count). The maximum atomic E-state index is 5.54. The molecule has 0 spiro atoms. The maximum Gasteiger partial charge on any atom is 0.191 e. The first-order valence-corrected chi connectivity index (χ1v) is 10.0. The summed E-state index contributed by atoms with van der Waals surface area (Å²) >= 11 is 1.71. The predicted octanol–water partition coefficient (Wildman–Crippen LogP) is 3.13. The number of hydrogen-bond acceptors (Lipinski definition) is 5. The normalized spacial score (nSPS) is 12.9. The monoisotopic (exact) mass is 389 g/mol. The van der Waals surface area contributed by atoms with Crippen molar-refractivity contribution < 1.29 is 4.74 Å². The van der Waals surface area contributed by atoms with Crippen LogP contribution >= 0.6 is 11.3 Å². The number of aromatic nitrogens is 1. The van der Waals surface area contributed by atoms with Crippen LogP contribution in [0.3, 0.4) is 0 Å². The van der Waals surface area contributed by atoms with Crippen molar-refractivity contribution in [2.75, 3.05) is 34.3 Å². The van der Waals surface area contributed by atoms with Gasteiger partial charge >= 0.3 is 0 Å². The average molecular weight is 390 g/mol. The summed E-state index contributed by atoms with van der Waals surface area (Å²) in [4.78, 5) is 12.7. The van der Waals surface area contributed by atoms with E-state index in [4.69, 9.17) is 9.73 Å². The number of nitrogens with one attached hydrogen (secondary N) is 2. The second-order valence-corrected chi connectivity index (χ2v) is 7.83. The van der Waals surface area contributed by atoms with E-state index in [9.17, 15) is 0 Å². The van der Waals surface area contributed by atoms with Crippen LogP contribution in [0.1, 0.15) is 34.1 Å². The Morgan fingerprint density at radius 2 is 2.00 bits per heavy atom. The van der Waals surface area contributed by atoms with E-state index < -0.39 is 0 Å². The van der Waals surface area contributed by atoms with E-state index in [1.54, 1.807) is 18.4 Å². The van der Waals surface area contributed by atoms with Gasteiger partial charge in [0.1, 0.15) is 10.8 Å². The molecule has 0 aliphatic carbocycles. The molecular weight excluding hydrogens is 358 g/mol. The second kappa shape index (κ2) is 10.3. The van der Waals surface area contributed by atoms with Gasteiger partial charge in [0.2, 0.25) is 0 Å². The fraction of sp³-hybridized carbons (Fsp3) is 0.500. The third-order valence-electron chi connectivity index (χ3n) is 4.37. The minimum atomic E-state index is 0.161. The number of ether oxygens (including phenoxy) is 1. The van der Waals surface area contributed by atoms with Gasteiger partial charge in [-0.2, -0.15) is 0 Å². The van der Waals surface area contributed by atoms with Gasteiger partial charge in [-0.25, -0.2) is 9.98 Å².